The number of carbonyl (C=O) groups is 1. The summed E-state index contributed by atoms with van der Waals surface area (Å²) in [5.41, 5.74) is 0.766. The molecule has 1 aliphatic heterocycles. The first kappa shape index (κ1) is 24.4. The molecule has 0 bridgehead atoms. The molecule has 10 heteroatoms. The highest BCUT2D eigenvalue weighted by atomic mass is 32.2. The van der Waals surface area contributed by atoms with Gasteiger partial charge in [-0.2, -0.15) is 4.31 Å². The fourth-order valence-corrected chi connectivity index (χ4v) is 6.22. The number of hydrogen-bond donors (Lipinski definition) is 1. The van der Waals surface area contributed by atoms with E-state index >= 15 is 0 Å². The highest BCUT2D eigenvalue weighted by Crippen LogP contribution is 2.21. The van der Waals surface area contributed by atoms with E-state index in [1.54, 1.807) is 18.2 Å². The van der Waals surface area contributed by atoms with Crippen molar-refractivity contribution in [3.8, 4) is 0 Å². The van der Waals surface area contributed by atoms with E-state index in [1.165, 1.54) is 48.7 Å². The number of amides is 1. The monoisotopic (exact) mass is 479 g/mol. The van der Waals surface area contributed by atoms with Crippen LogP contribution in [0.1, 0.15) is 41.6 Å². The highest BCUT2D eigenvalue weighted by Gasteiger charge is 2.25. The topological polar surface area (TPSA) is 104 Å². The van der Waals surface area contributed by atoms with Gasteiger partial charge in [0, 0.05) is 39.3 Å². The van der Waals surface area contributed by atoms with E-state index in [9.17, 15) is 21.6 Å². The molecule has 0 spiro atoms. The predicted molar refractivity (Wildman–Crippen MR) is 122 cm³/mol. The lowest BCUT2D eigenvalue weighted by atomic mass is 10.2. The van der Waals surface area contributed by atoms with Crippen molar-refractivity contribution in [2.24, 2.45) is 0 Å². The molecule has 1 saturated heterocycles. The standard InChI is InChI=1S/C22H29N3O5S2/c1-24(2)32(29,30)21-10-6-5-9-19(21)17-23-22(26)18-11-13-20(14-12-18)31(27,28)25-15-7-3-4-8-16-25/h5-6,9-14H,3-4,7-8,15-17H2,1-2H3,(H,23,26). The van der Waals surface area contributed by atoms with Crippen molar-refractivity contribution >= 4 is 26.0 Å². The van der Waals surface area contributed by atoms with Crippen molar-refractivity contribution in [1.82, 2.24) is 13.9 Å². The minimum atomic E-state index is -3.64. The molecule has 1 fully saturated rings. The van der Waals surface area contributed by atoms with E-state index in [1.807, 2.05) is 0 Å². The summed E-state index contributed by atoms with van der Waals surface area (Å²) in [5.74, 6) is -0.416. The summed E-state index contributed by atoms with van der Waals surface area (Å²) >= 11 is 0. The Labute approximate surface area is 190 Å². The Bertz CT molecular complexity index is 1150. The SMILES string of the molecule is CN(C)S(=O)(=O)c1ccccc1CNC(=O)c1ccc(S(=O)(=O)N2CCCCCC2)cc1. The van der Waals surface area contributed by atoms with Crippen LogP contribution in [-0.4, -0.2) is 58.5 Å². The summed E-state index contributed by atoms with van der Waals surface area (Å²) in [6, 6.07) is 12.3. The van der Waals surface area contributed by atoms with Crippen LogP contribution < -0.4 is 5.32 Å². The van der Waals surface area contributed by atoms with E-state index in [0.29, 0.717) is 24.2 Å². The molecular weight excluding hydrogens is 450 g/mol. The number of rotatable bonds is 7. The minimum Gasteiger partial charge on any atom is -0.348 e. The lowest BCUT2D eigenvalue weighted by Gasteiger charge is -2.20. The number of nitrogens with one attached hydrogen (secondary N) is 1. The summed E-state index contributed by atoms with van der Waals surface area (Å²) in [6.07, 6.45) is 3.77. The van der Waals surface area contributed by atoms with Crippen molar-refractivity contribution in [3.05, 3.63) is 59.7 Å². The average molecular weight is 480 g/mol. The van der Waals surface area contributed by atoms with Crippen molar-refractivity contribution in [1.29, 1.82) is 0 Å². The molecule has 1 heterocycles. The molecule has 3 rings (SSSR count). The van der Waals surface area contributed by atoms with Crippen LogP contribution in [0.25, 0.3) is 0 Å². The van der Waals surface area contributed by atoms with E-state index in [4.69, 9.17) is 0 Å². The van der Waals surface area contributed by atoms with Crippen molar-refractivity contribution < 1.29 is 21.6 Å². The van der Waals surface area contributed by atoms with Crippen LogP contribution in [0.2, 0.25) is 0 Å². The van der Waals surface area contributed by atoms with Crippen molar-refractivity contribution in [2.75, 3.05) is 27.2 Å². The van der Waals surface area contributed by atoms with Gasteiger partial charge < -0.3 is 5.32 Å². The second-order valence-electron chi connectivity index (χ2n) is 7.92. The Hall–Kier alpha value is -2.27. The van der Waals surface area contributed by atoms with E-state index in [-0.39, 0.29) is 16.3 Å². The highest BCUT2D eigenvalue weighted by molar-refractivity contribution is 7.89. The molecule has 0 unspecified atom stereocenters. The van der Waals surface area contributed by atoms with Gasteiger partial charge in [0.15, 0.2) is 0 Å². The lowest BCUT2D eigenvalue weighted by Crippen LogP contribution is -2.32. The third kappa shape index (κ3) is 5.37. The van der Waals surface area contributed by atoms with Crippen LogP contribution in [0, 0.1) is 0 Å². The van der Waals surface area contributed by atoms with Gasteiger partial charge in [-0.25, -0.2) is 21.1 Å². The molecule has 0 aliphatic carbocycles. The van der Waals surface area contributed by atoms with Gasteiger partial charge in [0.2, 0.25) is 20.0 Å². The molecule has 2 aromatic carbocycles. The molecule has 174 valence electrons. The summed E-state index contributed by atoms with van der Waals surface area (Å²) in [5, 5.41) is 2.71. The molecular formula is C22H29N3O5S2. The smallest absolute Gasteiger partial charge is 0.251 e. The second-order valence-corrected chi connectivity index (χ2v) is 12.0. The van der Waals surface area contributed by atoms with Gasteiger partial charge in [-0.3, -0.25) is 4.79 Å². The van der Waals surface area contributed by atoms with Crippen LogP contribution in [0.15, 0.2) is 58.3 Å². The maximum absolute atomic E-state index is 12.9. The van der Waals surface area contributed by atoms with Gasteiger partial charge in [0.1, 0.15) is 0 Å². The Balaban J connectivity index is 1.71. The first-order chi connectivity index (χ1) is 15.1. The number of hydrogen-bond acceptors (Lipinski definition) is 5. The largest absolute Gasteiger partial charge is 0.348 e. The van der Waals surface area contributed by atoms with Crippen LogP contribution in [0.4, 0.5) is 0 Å². The Morgan fingerprint density at radius 1 is 0.906 bits per heavy atom. The first-order valence-electron chi connectivity index (χ1n) is 10.5. The third-order valence-corrected chi connectivity index (χ3v) is 9.32. The van der Waals surface area contributed by atoms with Crippen molar-refractivity contribution in [3.63, 3.8) is 0 Å². The Kier molecular flexibility index (Phi) is 7.71. The summed E-state index contributed by atoms with van der Waals surface area (Å²) < 4.78 is 53.4. The van der Waals surface area contributed by atoms with Gasteiger partial charge in [-0.05, 0) is 48.7 Å². The normalized spacial score (nSPS) is 16.0. The average Bonchev–Trinajstić information content (AvgIpc) is 3.08. The number of carbonyl (C=O) groups excluding carboxylic acids is 1. The van der Waals surface area contributed by atoms with Crippen LogP contribution in [-0.2, 0) is 26.6 Å². The zero-order valence-electron chi connectivity index (χ0n) is 18.3. The molecule has 1 N–H and O–H groups in total. The number of nitrogens with zero attached hydrogens (tertiary/aromatic N) is 2. The fraction of sp³-hybridized carbons (Fsp3) is 0.409. The summed E-state index contributed by atoms with van der Waals surface area (Å²) in [4.78, 5) is 12.9. The second kappa shape index (κ2) is 10.1. The minimum absolute atomic E-state index is 0.0237. The van der Waals surface area contributed by atoms with E-state index in [2.05, 4.69) is 5.32 Å². The van der Waals surface area contributed by atoms with Crippen LogP contribution in [0.5, 0.6) is 0 Å². The quantitative estimate of drug-likeness (QED) is 0.657. The van der Waals surface area contributed by atoms with Gasteiger partial charge in [0.25, 0.3) is 5.91 Å². The zero-order chi connectivity index (χ0) is 23.4. The van der Waals surface area contributed by atoms with Crippen molar-refractivity contribution in [2.45, 2.75) is 42.0 Å². The maximum Gasteiger partial charge on any atom is 0.251 e. The summed E-state index contributed by atoms with van der Waals surface area (Å²) in [6.45, 7) is 1.05. The van der Waals surface area contributed by atoms with Crippen LogP contribution in [0.3, 0.4) is 0 Å². The molecule has 32 heavy (non-hydrogen) atoms. The molecule has 2 aromatic rings. The van der Waals surface area contributed by atoms with Gasteiger partial charge in [-0.15, -0.1) is 0 Å². The van der Waals surface area contributed by atoms with E-state index < -0.39 is 26.0 Å². The van der Waals surface area contributed by atoms with Gasteiger partial charge in [0.05, 0.1) is 9.79 Å². The fourth-order valence-electron chi connectivity index (χ4n) is 3.59. The maximum atomic E-state index is 12.9. The molecule has 0 aromatic heterocycles. The number of sulfonamides is 2. The molecule has 0 atom stereocenters. The Morgan fingerprint density at radius 2 is 1.50 bits per heavy atom. The lowest BCUT2D eigenvalue weighted by molar-refractivity contribution is 0.0950. The Morgan fingerprint density at radius 3 is 2.09 bits per heavy atom. The predicted octanol–water partition coefficient (Wildman–Crippen LogP) is 2.43. The molecule has 8 nitrogen and oxygen atoms in total. The zero-order valence-corrected chi connectivity index (χ0v) is 20.0. The molecule has 0 radical (unpaired) electrons. The molecule has 1 aliphatic rings. The van der Waals surface area contributed by atoms with Gasteiger partial charge >= 0.3 is 0 Å². The summed E-state index contributed by atoms with van der Waals surface area (Å²) in [7, 11) is -4.33. The van der Waals surface area contributed by atoms with Gasteiger partial charge in [-0.1, -0.05) is 31.0 Å². The van der Waals surface area contributed by atoms with E-state index in [0.717, 1.165) is 30.0 Å². The first-order valence-corrected chi connectivity index (χ1v) is 13.4. The number of benzene rings is 2. The van der Waals surface area contributed by atoms with Crippen LogP contribution >= 0.6 is 0 Å². The molecule has 1 amide bonds. The molecule has 0 saturated carbocycles. The third-order valence-electron chi connectivity index (χ3n) is 5.49.